The Bertz CT molecular complexity index is 1380. The van der Waals surface area contributed by atoms with Crippen LogP contribution in [0.4, 0.5) is 17.6 Å². The minimum Gasteiger partial charge on any atom is -0.378 e. The summed E-state index contributed by atoms with van der Waals surface area (Å²) in [6.07, 6.45) is 3.59. The van der Waals surface area contributed by atoms with Gasteiger partial charge in [-0.15, -0.1) is 5.10 Å². The number of morpholine rings is 1. The molecule has 5 aromatic rings. The predicted octanol–water partition coefficient (Wildman–Crippen LogP) is 4.52. The van der Waals surface area contributed by atoms with Gasteiger partial charge in [0.15, 0.2) is 0 Å². The average Bonchev–Trinajstić information content (AvgIpc) is 3.58. The Hall–Kier alpha value is -3.82. The second-order valence-electron chi connectivity index (χ2n) is 7.74. The number of nitrogens with one attached hydrogen (secondary N) is 1. The summed E-state index contributed by atoms with van der Waals surface area (Å²) in [4.78, 5) is 15.8. The van der Waals surface area contributed by atoms with E-state index in [-0.39, 0.29) is 0 Å². The summed E-state index contributed by atoms with van der Waals surface area (Å²) >= 11 is 1.69. The Morgan fingerprint density at radius 2 is 1.82 bits per heavy atom. The number of hydrogen-bond acceptors (Lipinski definition) is 8. The van der Waals surface area contributed by atoms with Gasteiger partial charge in [-0.3, -0.25) is 0 Å². The van der Waals surface area contributed by atoms with Crippen LogP contribution in [0.15, 0.2) is 71.8 Å². The smallest absolute Gasteiger partial charge is 0.245 e. The van der Waals surface area contributed by atoms with Crippen molar-refractivity contribution in [2.24, 2.45) is 0 Å². The van der Waals surface area contributed by atoms with E-state index in [4.69, 9.17) is 9.72 Å². The van der Waals surface area contributed by atoms with Crippen molar-refractivity contribution in [2.75, 3.05) is 36.5 Å². The molecular weight excluding hydrogens is 434 g/mol. The van der Waals surface area contributed by atoms with E-state index in [1.807, 2.05) is 30.5 Å². The topological polar surface area (TPSA) is 81.0 Å². The van der Waals surface area contributed by atoms with E-state index in [1.54, 1.807) is 22.3 Å². The molecule has 0 spiro atoms. The van der Waals surface area contributed by atoms with Crippen LogP contribution in [0.2, 0.25) is 0 Å². The lowest BCUT2D eigenvalue weighted by Gasteiger charge is -2.25. The van der Waals surface area contributed by atoms with Gasteiger partial charge >= 0.3 is 0 Å². The summed E-state index contributed by atoms with van der Waals surface area (Å²) in [6.45, 7) is 3.04. The number of thiophene rings is 1. The van der Waals surface area contributed by atoms with Gasteiger partial charge in [0.05, 0.1) is 24.4 Å². The first-order chi connectivity index (χ1) is 16.3. The SMILES string of the molecule is c1cc(-c2ccc3cnc(Nc4ccc(-n5cnc(N6CCOCC6)n5)cc4)nc3c2)cs1. The average molecular weight is 456 g/mol. The van der Waals surface area contributed by atoms with E-state index in [0.717, 1.165) is 46.9 Å². The Morgan fingerprint density at radius 3 is 2.64 bits per heavy atom. The highest BCUT2D eigenvalue weighted by atomic mass is 32.1. The Labute approximate surface area is 194 Å². The number of aromatic nitrogens is 5. The molecule has 1 N–H and O–H groups in total. The van der Waals surface area contributed by atoms with E-state index < -0.39 is 0 Å². The third-order valence-corrected chi connectivity index (χ3v) is 6.28. The lowest BCUT2D eigenvalue weighted by molar-refractivity contribution is 0.122. The Balaban J connectivity index is 1.19. The van der Waals surface area contributed by atoms with Crippen molar-refractivity contribution in [3.8, 4) is 16.8 Å². The van der Waals surface area contributed by atoms with Crippen LogP contribution >= 0.6 is 11.3 Å². The molecule has 0 atom stereocenters. The maximum atomic E-state index is 5.40. The summed E-state index contributed by atoms with van der Waals surface area (Å²) < 4.78 is 7.18. The maximum absolute atomic E-state index is 5.40. The van der Waals surface area contributed by atoms with Gasteiger partial charge in [0, 0.05) is 30.4 Å². The van der Waals surface area contributed by atoms with Gasteiger partial charge in [-0.25, -0.2) is 14.6 Å². The van der Waals surface area contributed by atoms with Gasteiger partial charge in [-0.05, 0) is 58.3 Å². The lowest BCUT2D eigenvalue weighted by atomic mass is 10.1. The highest BCUT2D eigenvalue weighted by Crippen LogP contribution is 2.26. The Morgan fingerprint density at radius 1 is 0.939 bits per heavy atom. The molecule has 4 heterocycles. The molecule has 2 aromatic carbocycles. The fraction of sp³-hybridized carbons (Fsp3) is 0.167. The highest BCUT2D eigenvalue weighted by molar-refractivity contribution is 7.08. The van der Waals surface area contributed by atoms with Crippen LogP contribution in [0.25, 0.3) is 27.7 Å². The third kappa shape index (κ3) is 4.15. The molecule has 0 radical (unpaired) electrons. The second-order valence-corrected chi connectivity index (χ2v) is 8.52. The first-order valence-corrected chi connectivity index (χ1v) is 11.7. The molecule has 33 heavy (non-hydrogen) atoms. The minimum atomic E-state index is 0.563. The van der Waals surface area contributed by atoms with Crippen molar-refractivity contribution in [1.82, 2.24) is 24.7 Å². The van der Waals surface area contributed by atoms with E-state index in [1.165, 1.54) is 5.56 Å². The van der Waals surface area contributed by atoms with E-state index >= 15 is 0 Å². The normalized spacial score (nSPS) is 14.0. The van der Waals surface area contributed by atoms with Crippen LogP contribution in [-0.2, 0) is 4.74 Å². The monoisotopic (exact) mass is 455 g/mol. The highest BCUT2D eigenvalue weighted by Gasteiger charge is 2.15. The molecule has 0 amide bonds. The van der Waals surface area contributed by atoms with E-state index in [0.29, 0.717) is 19.2 Å². The first kappa shape index (κ1) is 19.8. The van der Waals surface area contributed by atoms with Crippen LogP contribution in [0.3, 0.4) is 0 Å². The maximum Gasteiger partial charge on any atom is 0.245 e. The standard InChI is InChI=1S/C24H21N7OS/c1-2-18-14-25-23(28-22(18)13-17(1)19-7-12-33-15-19)27-20-3-5-21(6-4-20)31-16-26-24(29-31)30-8-10-32-11-9-30/h1-7,12-16H,8-11H2,(H,25,27,28). The molecule has 8 nitrogen and oxygen atoms in total. The van der Waals surface area contributed by atoms with Crippen LogP contribution in [0.5, 0.6) is 0 Å². The summed E-state index contributed by atoms with van der Waals surface area (Å²) in [6, 6.07) is 16.3. The number of ether oxygens (including phenoxy) is 1. The van der Waals surface area contributed by atoms with Crippen LogP contribution < -0.4 is 10.2 Å². The molecule has 1 aliphatic heterocycles. The fourth-order valence-electron chi connectivity index (χ4n) is 3.81. The number of nitrogens with zero attached hydrogens (tertiary/aromatic N) is 6. The molecule has 3 aromatic heterocycles. The molecule has 1 saturated heterocycles. The number of fused-ring (bicyclic) bond motifs is 1. The van der Waals surface area contributed by atoms with Crippen molar-refractivity contribution < 1.29 is 4.74 Å². The fourth-order valence-corrected chi connectivity index (χ4v) is 4.47. The molecule has 164 valence electrons. The van der Waals surface area contributed by atoms with Crippen LogP contribution in [0, 0.1) is 0 Å². The van der Waals surface area contributed by atoms with E-state index in [9.17, 15) is 0 Å². The van der Waals surface area contributed by atoms with Crippen LogP contribution in [-0.4, -0.2) is 51.0 Å². The molecule has 1 fully saturated rings. The summed E-state index contributed by atoms with van der Waals surface area (Å²) in [7, 11) is 0. The zero-order chi connectivity index (χ0) is 22.0. The van der Waals surface area contributed by atoms with Gasteiger partial charge in [0.25, 0.3) is 0 Å². The van der Waals surface area contributed by atoms with Gasteiger partial charge in [0.2, 0.25) is 11.9 Å². The molecule has 0 saturated carbocycles. The first-order valence-electron chi connectivity index (χ1n) is 10.7. The largest absolute Gasteiger partial charge is 0.378 e. The van der Waals surface area contributed by atoms with Crippen molar-refractivity contribution in [1.29, 1.82) is 0 Å². The van der Waals surface area contributed by atoms with Crippen molar-refractivity contribution >= 4 is 39.8 Å². The van der Waals surface area contributed by atoms with Crippen molar-refractivity contribution in [3.63, 3.8) is 0 Å². The number of benzene rings is 2. The third-order valence-electron chi connectivity index (χ3n) is 5.60. The summed E-state index contributed by atoms with van der Waals surface area (Å²) in [5.74, 6) is 1.29. The number of hydrogen-bond donors (Lipinski definition) is 1. The lowest BCUT2D eigenvalue weighted by Crippen LogP contribution is -2.37. The zero-order valence-corrected chi connectivity index (χ0v) is 18.6. The second kappa shape index (κ2) is 8.61. The molecule has 9 heteroatoms. The molecule has 0 bridgehead atoms. The molecule has 0 unspecified atom stereocenters. The van der Waals surface area contributed by atoms with Crippen molar-refractivity contribution in [2.45, 2.75) is 0 Å². The zero-order valence-electron chi connectivity index (χ0n) is 17.8. The number of rotatable bonds is 5. The minimum absolute atomic E-state index is 0.563. The van der Waals surface area contributed by atoms with Gasteiger partial charge in [-0.2, -0.15) is 16.3 Å². The molecule has 6 rings (SSSR count). The van der Waals surface area contributed by atoms with Gasteiger partial charge in [-0.1, -0.05) is 12.1 Å². The summed E-state index contributed by atoms with van der Waals surface area (Å²) in [5.41, 5.74) is 5.11. The quantitative estimate of drug-likeness (QED) is 0.417. The van der Waals surface area contributed by atoms with Crippen molar-refractivity contribution in [3.05, 3.63) is 71.8 Å². The van der Waals surface area contributed by atoms with Gasteiger partial charge in [0.1, 0.15) is 6.33 Å². The Kier molecular flexibility index (Phi) is 5.17. The molecular formula is C24H21N7OS. The van der Waals surface area contributed by atoms with Gasteiger partial charge < -0.3 is 15.0 Å². The van der Waals surface area contributed by atoms with E-state index in [2.05, 4.69) is 60.3 Å². The molecule has 0 aliphatic carbocycles. The molecule has 1 aliphatic rings. The predicted molar refractivity (Wildman–Crippen MR) is 131 cm³/mol. The summed E-state index contributed by atoms with van der Waals surface area (Å²) in [5, 5.41) is 13.1. The number of anilines is 3. The van der Waals surface area contributed by atoms with Crippen LogP contribution in [0.1, 0.15) is 0 Å².